The quantitative estimate of drug-likeness (QED) is 0.457. The third-order valence-corrected chi connectivity index (χ3v) is 7.26. The summed E-state index contributed by atoms with van der Waals surface area (Å²) < 4.78 is 19.7. The Hall–Kier alpha value is -3.39. The number of piperidine rings is 1. The minimum absolute atomic E-state index is 0.235. The number of alkyl carbamates (subject to hydrolysis) is 1. The maximum Gasteiger partial charge on any atom is 0.408 e. The smallest absolute Gasteiger partial charge is 0.408 e. The second kappa shape index (κ2) is 9.49. The molecule has 0 spiro atoms. The number of aromatic amines is 1. The lowest BCUT2D eigenvalue weighted by atomic mass is 9.89. The van der Waals surface area contributed by atoms with Crippen LogP contribution in [-0.2, 0) is 17.7 Å². The second-order valence-corrected chi connectivity index (χ2v) is 11.5. The van der Waals surface area contributed by atoms with Crippen LogP contribution in [0.3, 0.4) is 0 Å². The molecule has 2 aliphatic heterocycles. The van der Waals surface area contributed by atoms with Gasteiger partial charge in [0.25, 0.3) is 5.91 Å². The third-order valence-electron chi connectivity index (χ3n) is 7.26. The molecule has 3 N–H and O–H groups in total. The van der Waals surface area contributed by atoms with Crippen molar-refractivity contribution < 1.29 is 18.7 Å². The molecule has 3 heterocycles. The Kier molecular flexibility index (Phi) is 6.48. The SMILES string of the molecule is CC1(NC(=O)OC(C)(C)C)CCN(Cc2cccc(-c3[nH]c4cc(F)cc5c4c3CCNC5=O)c2)CC1. The van der Waals surface area contributed by atoms with E-state index in [1.807, 2.05) is 26.8 Å². The molecule has 1 saturated heterocycles. The number of carbonyl (C=O) groups excluding carboxylic acids is 2. The van der Waals surface area contributed by atoms with Gasteiger partial charge >= 0.3 is 6.09 Å². The van der Waals surface area contributed by atoms with E-state index in [1.165, 1.54) is 17.7 Å². The van der Waals surface area contributed by atoms with E-state index in [-0.39, 0.29) is 17.5 Å². The van der Waals surface area contributed by atoms with Gasteiger partial charge in [-0.15, -0.1) is 0 Å². The molecule has 7 nitrogen and oxygen atoms in total. The van der Waals surface area contributed by atoms with Gasteiger partial charge < -0.3 is 20.4 Å². The van der Waals surface area contributed by atoms with Crippen molar-refractivity contribution in [3.05, 3.63) is 58.9 Å². The van der Waals surface area contributed by atoms with Crippen LogP contribution in [0.1, 0.15) is 62.0 Å². The van der Waals surface area contributed by atoms with Gasteiger partial charge in [-0.05, 0) is 81.8 Å². The number of halogens is 1. The highest BCUT2D eigenvalue weighted by Crippen LogP contribution is 2.35. The molecule has 0 atom stereocenters. The summed E-state index contributed by atoms with van der Waals surface area (Å²) in [4.78, 5) is 30.6. The van der Waals surface area contributed by atoms with Crippen molar-refractivity contribution in [2.24, 2.45) is 0 Å². The summed E-state index contributed by atoms with van der Waals surface area (Å²) in [6.45, 7) is 10.7. The van der Waals surface area contributed by atoms with Crippen molar-refractivity contribution in [1.82, 2.24) is 20.5 Å². The number of amides is 2. The van der Waals surface area contributed by atoms with Crippen molar-refractivity contribution in [3.63, 3.8) is 0 Å². The first kappa shape index (κ1) is 25.3. The van der Waals surface area contributed by atoms with E-state index in [2.05, 4.69) is 45.6 Å². The number of carbonyl (C=O) groups is 2. The zero-order valence-electron chi connectivity index (χ0n) is 22.0. The molecule has 1 aromatic heterocycles. The largest absolute Gasteiger partial charge is 0.444 e. The van der Waals surface area contributed by atoms with E-state index in [1.54, 1.807) is 0 Å². The van der Waals surface area contributed by atoms with E-state index in [0.29, 0.717) is 24.0 Å². The zero-order chi connectivity index (χ0) is 26.4. The topological polar surface area (TPSA) is 86.5 Å². The fourth-order valence-corrected chi connectivity index (χ4v) is 5.40. The maximum absolute atomic E-state index is 14.2. The number of hydrogen-bond acceptors (Lipinski definition) is 4. The van der Waals surface area contributed by atoms with Gasteiger partial charge in [-0.3, -0.25) is 9.69 Å². The first-order valence-corrected chi connectivity index (χ1v) is 12.9. The number of ether oxygens (including phenoxy) is 1. The van der Waals surface area contributed by atoms with Crippen LogP contribution in [0.4, 0.5) is 9.18 Å². The summed E-state index contributed by atoms with van der Waals surface area (Å²) in [7, 11) is 0. The number of rotatable bonds is 4. The monoisotopic (exact) mass is 506 g/mol. The Morgan fingerprint density at radius 1 is 1.19 bits per heavy atom. The van der Waals surface area contributed by atoms with Gasteiger partial charge in [-0.25, -0.2) is 9.18 Å². The molecule has 8 heteroatoms. The van der Waals surface area contributed by atoms with Gasteiger partial charge in [0.05, 0.1) is 5.56 Å². The number of H-pyrrole nitrogens is 1. The minimum Gasteiger partial charge on any atom is -0.444 e. The van der Waals surface area contributed by atoms with Gasteiger partial charge in [0, 0.05) is 48.3 Å². The summed E-state index contributed by atoms with van der Waals surface area (Å²) >= 11 is 0. The molecule has 0 unspecified atom stereocenters. The molecule has 196 valence electrons. The molecule has 2 aliphatic rings. The van der Waals surface area contributed by atoms with Crippen LogP contribution in [0.15, 0.2) is 36.4 Å². The summed E-state index contributed by atoms with van der Waals surface area (Å²) in [5.74, 6) is -0.660. The van der Waals surface area contributed by atoms with Crippen LogP contribution in [-0.4, -0.2) is 52.7 Å². The van der Waals surface area contributed by atoms with Gasteiger partial charge in [-0.1, -0.05) is 18.2 Å². The number of aromatic nitrogens is 1. The van der Waals surface area contributed by atoms with Crippen LogP contribution in [0, 0.1) is 5.82 Å². The molecule has 0 aliphatic carbocycles. The first-order chi connectivity index (χ1) is 17.5. The van der Waals surface area contributed by atoms with E-state index < -0.39 is 11.4 Å². The van der Waals surface area contributed by atoms with Crippen LogP contribution in [0.5, 0.6) is 0 Å². The fraction of sp³-hybridized carbons (Fsp3) is 0.448. The number of nitrogens with zero attached hydrogens (tertiary/aromatic N) is 1. The Morgan fingerprint density at radius 3 is 2.68 bits per heavy atom. The van der Waals surface area contributed by atoms with Crippen LogP contribution < -0.4 is 10.6 Å². The lowest BCUT2D eigenvalue weighted by Gasteiger charge is -2.40. The Labute approximate surface area is 216 Å². The normalized spacial score (nSPS) is 17.8. The highest BCUT2D eigenvalue weighted by Gasteiger charge is 2.33. The molecular weight excluding hydrogens is 471 g/mol. The van der Waals surface area contributed by atoms with Crippen molar-refractivity contribution in [3.8, 4) is 11.3 Å². The van der Waals surface area contributed by atoms with Crippen LogP contribution in [0.2, 0.25) is 0 Å². The minimum atomic E-state index is -0.517. The average Bonchev–Trinajstić information content (AvgIpc) is 3.08. The molecule has 37 heavy (non-hydrogen) atoms. The Balaban J connectivity index is 1.31. The average molecular weight is 507 g/mol. The predicted molar refractivity (Wildman–Crippen MR) is 142 cm³/mol. The van der Waals surface area contributed by atoms with E-state index in [0.717, 1.165) is 54.7 Å². The molecule has 0 saturated carbocycles. The summed E-state index contributed by atoms with van der Waals surface area (Å²) in [5, 5.41) is 6.75. The van der Waals surface area contributed by atoms with Gasteiger partial charge in [0.2, 0.25) is 0 Å². The summed E-state index contributed by atoms with van der Waals surface area (Å²) in [5.41, 5.74) is 4.42. The highest BCUT2D eigenvalue weighted by atomic mass is 19.1. The lowest BCUT2D eigenvalue weighted by Crippen LogP contribution is -2.54. The Bertz CT molecular complexity index is 1350. The van der Waals surface area contributed by atoms with Crippen molar-refractivity contribution >= 4 is 22.9 Å². The second-order valence-electron chi connectivity index (χ2n) is 11.5. The zero-order valence-corrected chi connectivity index (χ0v) is 22.0. The molecule has 2 aromatic carbocycles. The molecule has 1 fully saturated rings. The molecule has 2 amide bonds. The van der Waals surface area contributed by atoms with Crippen molar-refractivity contribution in [2.45, 2.75) is 64.6 Å². The number of benzene rings is 2. The van der Waals surface area contributed by atoms with E-state index in [4.69, 9.17) is 4.74 Å². The van der Waals surface area contributed by atoms with Gasteiger partial charge in [0.1, 0.15) is 11.4 Å². The van der Waals surface area contributed by atoms with Crippen LogP contribution in [0.25, 0.3) is 22.2 Å². The van der Waals surface area contributed by atoms with Crippen molar-refractivity contribution in [1.29, 1.82) is 0 Å². The van der Waals surface area contributed by atoms with Gasteiger partial charge in [-0.2, -0.15) is 0 Å². The first-order valence-electron chi connectivity index (χ1n) is 12.9. The summed E-state index contributed by atoms with van der Waals surface area (Å²) in [6, 6.07) is 11.2. The lowest BCUT2D eigenvalue weighted by molar-refractivity contribution is 0.0401. The number of nitrogens with one attached hydrogen (secondary N) is 3. The molecular formula is C29H35FN4O3. The standard InChI is InChI=1S/C29H35FN4O3/c1-28(2,3)37-27(36)33-29(4)9-12-34(13-10-29)17-18-6-5-7-19(14-18)25-21-8-11-31-26(35)22-15-20(30)16-23(32-25)24(21)22/h5-7,14-16,32H,8-13,17H2,1-4H3,(H,31,35)(H,33,36). The molecule has 0 bridgehead atoms. The van der Waals surface area contributed by atoms with Crippen molar-refractivity contribution in [2.75, 3.05) is 19.6 Å². The van der Waals surface area contributed by atoms with E-state index >= 15 is 0 Å². The predicted octanol–water partition coefficient (Wildman–Crippen LogP) is 5.14. The molecule has 0 radical (unpaired) electrons. The highest BCUT2D eigenvalue weighted by molar-refractivity contribution is 6.10. The van der Waals surface area contributed by atoms with Gasteiger partial charge in [0.15, 0.2) is 0 Å². The summed E-state index contributed by atoms with van der Waals surface area (Å²) in [6.07, 6.45) is 1.99. The number of likely N-dealkylation sites (tertiary alicyclic amines) is 1. The Morgan fingerprint density at radius 2 is 1.95 bits per heavy atom. The number of hydrogen-bond donors (Lipinski definition) is 3. The van der Waals surface area contributed by atoms with Crippen LogP contribution >= 0.6 is 0 Å². The molecule has 3 aromatic rings. The molecule has 5 rings (SSSR count). The fourth-order valence-electron chi connectivity index (χ4n) is 5.40. The van der Waals surface area contributed by atoms with E-state index in [9.17, 15) is 14.0 Å². The maximum atomic E-state index is 14.2. The third kappa shape index (κ3) is 5.49.